The molecule has 6 nitrogen and oxygen atoms in total. The van der Waals surface area contributed by atoms with E-state index in [1.807, 2.05) is 25.1 Å². The minimum absolute atomic E-state index is 0.396. The molecule has 0 aliphatic carbocycles. The quantitative estimate of drug-likeness (QED) is 0.763. The van der Waals surface area contributed by atoms with Crippen LogP contribution in [0.3, 0.4) is 0 Å². The third-order valence-electron chi connectivity index (χ3n) is 3.28. The number of rotatable bonds is 2. The fourth-order valence-electron chi connectivity index (χ4n) is 2.47. The molecular formula is C14H13N3O3. The maximum absolute atomic E-state index is 12.3. The predicted octanol–water partition coefficient (Wildman–Crippen LogP) is 1.35. The van der Waals surface area contributed by atoms with Crippen molar-refractivity contribution in [1.82, 2.24) is 14.2 Å². The number of aliphatic carboxylic acids is 1. The van der Waals surface area contributed by atoms with Gasteiger partial charge in [0, 0.05) is 5.39 Å². The van der Waals surface area contributed by atoms with Crippen molar-refractivity contribution >= 4 is 22.4 Å². The molecule has 20 heavy (non-hydrogen) atoms. The summed E-state index contributed by atoms with van der Waals surface area (Å²) in [5.74, 6) is -0.505. The van der Waals surface area contributed by atoms with E-state index in [1.54, 1.807) is 17.4 Å². The predicted molar refractivity (Wildman–Crippen MR) is 74.1 cm³/mol. The lowest BCUT2D eigenvalue weighted by Gasteiger charge is -2.06. The van der Waals surface area contributed by atoms with Gasteiger partial charge in [-0.3, -0.25) is 14.0 Å². The van der Waals surface area contributed by atoms with Crippen LogP contribution in [0.4, 0.5) is 0 Å². The van der Waals surface area contributed by atoms with Crippen molar-refractivity contribution < 1.29 is 9.90 Å². The molecule has 0 amide bonds. The van der Waals surface area contributed by atoms with E-state index in [1.165, 1.54) is 0 Å². The average Bonchev–Trinajstić information content (AvgIpc) is 2.73. The van der Waals surface area contributed by atoms with Gasteiger partial charge in [0.25, 0.3) is 5.56 Å². The van der Waals surface area contributed by atoms with Crippen molar-refractivity contribution in [3.63, 3.8) is 0 Å². The average molecular weight is 271 g/mol. The Balaban J connectivity index is 2.42. The Kier molecular flexibility index (Phi) is 2.60. The van der Waals surface area contributed by atoms with Crippen LogP contribution in [0.2, 0.25) is 0 Å². The first kappa shape index (κ1) is 12.4. The Bertz CT molecular complexity index is 905. The van der Waals surface area contributed by atoms with E-state index >= 15 is 0 Å². The van der Waals surface area contributed by atoms with Gasteiger partial charge in [-0.25, -0.2) is 4.68 Å². The molecule has 102 valence electrons. The van der Waals surface area contributed by atoms with E-state index in [0.29, 0.717) is 11.3 Å². The van der Waals surface area contributed by atoms with E-state index in [2.05, 4.69) is 5.10 Å². The maximum Gasteiger partial charge on any atom is 0.325 e. The molecule has 0 fully saturated rings. The fraction of sp³-hybridized carbons (Fsp3) is 0.214. The zero-order chi connectivity index (χ0) is 14.4. The summed E-state index contributed by atoms with van der Waals surface area (Å²) in [5, 5.41) is 13.8. The van der Waals surface area contributed by atoms with Crippen LogP contribution in [-0.4, -0.2) is 25.3 Å². The van der Waals surface area contributed by atoms with Gasteiger partial charge in [-0.15, -0.1) is 0 Å². The molecule has 0 atom stereocenters. The molecule has 2 heterocycles. The number of carboxylic acid groups (broad SMARTS) is 1. The Hall–Kier alpha value is -2.63. The van der Waals surface area contributed by atoms with Crippen LogP contribution in [0, 0.1) is 13.8 Å². The van der Waals surface area contributed by atoms with E-state index < -0.39 is 18.1 Å². The number of hydrogen-bond acceptors (Lipinski definition) is 3. The second kappa shape index (κ2) is 4.19. The van der Waals surface area contributed by atoms with Crippen LogP contribution in [0.5, 0.6) is 0 Å². The summed E-state index contributed by atoms with van der Waals surface area (Å²) < 4.78 is 2.74. The zero-order valence-electron chi connectivity index (χ0n) is 11.1. The van der Waals surface area contributed by atoms with Crippen LogP contribution >= 0.6 is 0 Å². The third kappa shape index (κ3) is 1.77. The Morgan fingerprint density at radius 2 is 2.00 bits per heavy atom. The molecule has 0 spiro atoms. The van der Waals surface area contributed by atoms with Crippen LogP contribution in [-0.2, 0) is 11.3 Å². The highest BCUT2D eigenvalue weighted by Gasteiger charge is 2.13. The van der Waals surface area contributed by atoms with E-state index in [-0.39, 0.29) is 0 Å². The molecule has 6 heteroatoms. The number of aromatic nitrogens is 3. The highest BCUT2D eigenvalue weighted by molar-refractivity contribution is 5.87. The monoisotopic (exact) mass is 271 g/mol. The Morgan fingerprint density at radius 1 is 1.25 bits per heavy atom. The highest BCUT2D eigenvalue weighted by atomic mass is 16.4. The van der Waals surface area contributed by atoms with Gasteiger partial charge in [0.1, 0.15) is 17.9 Å². The minimum atomic E-state index is -1.09. The van der Waals surface area contributed by atoms with E-state index in [4.69, 9.17) is 5.11 Å². The van der Waals surface area contributed by atoms with Crippen LogP contribution in [0.1, 0.15) is 11.4 Å². The molecule has 0 aliphatic rings. The normalized spacial score (nSPS) is 11.3. The van der Waals surface area contributed by atoms with Crippen LogP contribution in [0.25, 0.3) is 16.4 Å². The van der Waals surface area contributed by atoms with Crippen molar-refractivity contribution in [3.8, 4) is 0 Å². The maximum atomic E-state index is 12.3. The topological polar surface area (TPSA) is 76.6 Å². The lowest BCUT2D eigenvalue weighted by molar-refractivity contribution is -0.138. The summed E-state index contributed by atoms with van der Waals surface area (Å²) in [4.78, 5) is 23.1. The van der Waals surface area contributed by atoms with Crippen LogP contribution < -0.4 is 5.56 Å². The van der Waals surface area contributed by atoms with Gasteiger partial charge in [-0.1, -0.05) is 11.6 Å². The van der Waals surface area contributed by atoms with E-state index in [0.717, 1.165) is 21.1 Å². The minimum Gasteiger partial charge on any atom is -0.480 e. The third-order valence-corrected chi connectivity index (χ3v) is 3.28. The number of benzene rings is 1. The first-order chi connectivity index (χ1) is 9.47. The van der Waals surface area contributed by atoms with Gasteiger partial charge < -0.3 is 5.11 Å². The number of carboxylic acids is 1. The number of hydrogen-bond donors (Lipinski definition) is 1. The lowest BCUT2D eigenvalue weighted by Crippen LogP contribution is -2.29. The molecule has 2 aromatic heterocycles. The number of nitrogens with zero attached hydrogens (tertiary/aromatic N) is 3. The number of carbonyl (C=O) groups is 1. The summed E-state index contributed by atoms with van der Waals surface area (Å²) in [6, 6.07) is 7.67. The summed E-state index contributed by atoms with van der Waals surface area (Å²) in [6.07, 6.45) is 0. The Morgan fingerprint density at radius 3 is 2.70 bits per heavy atom. The molecular weight excluding hydrogens is 258 g/mol. The molecule has 1 N–H and O–H groups in total. The van der Waals surface area contributed by atoms with E-state index in [9.17, 15) is 9.59 Å². The molecule has 0 saturated heterocycles. The SMILES string of the molecule is Cc1ccc2c(c1)cc1c(=O)n(CC(=O)O)nc(C)n12. The summed E-state index contributed by atoms with van der Waals surface area (Å²) in [5.41, 5.74) is 2.05. The largest absolute Gasteiger partial charge is 0.480 e. The first-order valence-electron chi connectivity index (χ1n) is 6.19. The number of fused-ring (bicyclic) bond motifs is 3. The van der Waals surface area contributed by atoms with Crippen molar-refractivity contribution in [1.29, 1.82) is 0 Å². The molecule has 0 radical (unpaired) electrons. The molecule has 1 aromatic carbocycles. The number of aryl methyl sites for hydroxylation is 2. The fourth-order valence-corrected chi connectivity index (χ4v) is 2.47. The molecule has 3 rings (SSSR count). The molecule has 3 aromatic rings. The lowest BCUT2D eigenvalue weighted by atomic mass is 10.2. The second-order valence-electron chi connectivity index (χ2n) is 4.83. The van der Waals surface area contributed by atoms with Crippen molar-refractivity contribution in [3.05, 3.63) is 46.0 Å². The molecule has 0 bridgehead atoms. The Labute approximate surface area is 113 Å². The highest BCUT2D eigenvalue weighted by Crippen LogP contribution is 2.20. The molecule has 0 unspecified atom stereocenters. The van der Waals surface area contributed by atoms with Gasteiger partial charge in [-0.05, 0) is 32.0 Å². The van der Waals surface area contributed by atoms with Crippen LogP contribution in [0.15, 0.2) is 29.1 Å². The van der Waals surface area contributed by atoms with Crippen molar-refractivity contribution in [2.24, 2.45) is 0 Å². The standard InChI is InChI=1S/C14H13N3O3/c1-8-3-4-11-10(5-8)6-12-14(20)16(7-13(18)19)15-9(2)17(11)12/h3-6H,7H2,1-2H3,(H,18,19). The smallest absolute Gasteiger partial charge is 0.325 e. The summed E-state index contributed by atoms with van der Waals surface area (Å²) in [7, 11) is 0. The summed E-state index contributed by atoms with van der Waals surface area (Å²) >= 11 is 0. The van der Waals surface area contributed by atoms with Gasteiger partial charge in [0.05, 0.1) is 5.52 Å². The first-order valence-corrected chi connectivity index (χ1v) is 6.19. The van der Waals surface area contributed by atoms with Crippen molar-refractivity contribution in [2.45, 2.75) is 20.4 Å². The van der Waals surface area contributed by atoms with Gasteiger partial charge in [0.15, 0.2) is 0 Å². The molecule has 0 saturated carbocycles. The van der Waals surface area contributed by atoms with Gasteiger partial charge in [0.2, 0.25) is 0 Å². The van der Waals surface area contributed by atoms with Gasteiger partial charge in [-0.2, -0.15) is 5.10 Å². The second-order valence-corrected chi connectivity index (χ2v) is 4.83. The molecule has 0 aliphatic heterocycles. The zero-order valence-corrected chi connectivity index (χ0v) is 11.1. The summed E-state index contributed by atoms with van der Waals surface area (Å²) in [6.45, 7) is 3.30. The van der Waals surface area contributed by atoms with Crippen molar-refractivity contribution in [2.75, 3.05) is 0 Å². The van der Waals surface area contributed by atoms with Gasteiger partial charge >= 0.3 is 5.97 Å².